The maximum Gasteiger partial charge on any atom is 0.0836 e. The third kappa shape index (κ3) is 0.750. The highest BCUT2D eigenvalue weighted by Crippen LogP contribution is 2.67. The van der Waals surface area contributed by atoms with E-state index in [2.05, 4.69) is 19.9 Å². The van der Waals surface area contributed by atoms with E-state index in [9.17, 15) is 5.11 Å². The third-order valence-corrected chi connectivity index (χ3v) is 3.56. The summed E-state index contributed by atoms with van der Waals surface area (Å²) in [5, 5.41) is 9.83. The lowest BCUT2D eigenvalue weighted by Gasteiger charge is -2.17. The van der Waals surface area contributed by atoms with E-state index in [4.69, 9.17) is 0 Å². The molecule has 2 rings (SSSR count). The van der Waals surface area contributed by atoms with Gasteiger partial charge < -0.3 is 5.11 Å². The van der Waals surface area contributed by atoms with Crippen molar-refractivity contribution in [3.8, 4) is 0 Å². The number of aliphatic hydroxyl groups is 1. The van der Waals surface area contributed by atoms with Crippen LogP contribution in [-0.2, 0) is 0 Å². The van der Waals surface area contributed by atoms with Crippen LogP contribution >= 0.6 is 0 Å². The Kier molecular flexibility index (Phi) is 1.15. The first kappa shape index (κ1) is 7.35. The second-order valence-corrected chi connectivity index (χ2v) is 4.58. The Morgan fingerprint density at radius 3 is 2.27 bits per heavy atom. The molecule has 0 aromatic rings. The maximum absolute atomic E-state index is 9.83. The topological polar surface area (TPSA) is 20.2 Å². The molecule has 0 saturated heterocycles. The lowest BCUT2D eigenvalue weighted by Crippen LogP contribution is -2.23. The molecular weight excluding hydrogens is 136 g/mol. The van der Waals surface area contributed by atoms with E-state index in [1.165, 1.54) is 6.42 Å². The predicted molar refractivity (Wildman–Crippen MR) is 45.1 cm³/mol. The van der Waals surface area contributed by atoms with Crippen LogP contribution in [0.25, 0.3) is 0 Å². The van der Waals surface area contributed by atoms with Gasteiger partial charge in [-0.05, 0) is 24.7 Å². The fraction of sp³-hybridized carbons (Fsp3) is 0.800. The van der Waals surface area contributed by atoms with Crippen molar-refractivity contribution >= 4 is 0 Å². The van der Waals surface area contributed by atoms with Crippen molar-refractivity contribution in [3.63, 3.8) is 0 Å². The van der Waals surface area contributed by atoms with Crippen LogP contribution in [0.4, 0.5) is 0 Å². The molecule has 62 valence electrons. The van der Waals surface area contributed by atoms with Crippen LogP contribution in [0.15, 0.2) is 12.2 Å². The van der Waals surface area contributed by atoms with Gasteiger partial charge in [0.05, 0.1) is 5.60 Å². The lowest BCUT2D eigenvalue weighted by molar-refractivity contribution is 0.0818. The summed E-state index contributed by atoms with van der Waals surface area (Å²) in [6, 6.07) is 0. The Morgan fingerprint density at radius 1 is 1.45 bits per heavy atom. The highest BCUT2D eigenvalue weighted by atomic mass is 16.3. The molecule has 1 nitrogen and oxygen atoms in total. The molecule has 2 aliphatic rings. The monoisotopic (exact) mass is 152 g/mol. The van der Waals surface area contributed by atoms with Crippen LogP contribution < -0.4 is 0 Å². The quantitative estimate of drug-likeness (QED) is 0.569. The summed E-state index contributed by atoms with van der Waals surface area (Å²) in [5.74, 6) is 1.19. The summed E-state index contributed by atoms with van der Waals surface area (Å²) in [7, 11) is 0. The van der Waals surface area contributed by atoms with Gasteiger partial charge in [-0.3, -0.25) is 0 Å². The fourth-order valence-electron chi connectivity index (χ4n) is 2.50. The zero-order valence-electron chi connectivity index (χ0n) is 7.46. The number of allylic oxidation sites excluding steroid dienone is 1. The van der Waals surface area contributed by atoms with Gasteiger partial charge in [0.1, 0.15) is 0 Å². The smallest absolute Gasteiger partial charge is 0.0836 e. The van der Waals surface area contributed by atoms with Gasteiger partial charge in [0, 0.05) is 5.92 Å². The molecule has 0 heterocycles. The van der Waals surface area contributed by atoms with E-state index in [0.29, 0.717) is 17.3 Å². The van der Waals surface area contributed by atoms with Gasteiger partial charge in [0.2, 0.25) is 0 Å². The Morgan fingerprint density at radius 2 is 2.09 bits per heavy atom. The van der Waals surface area contributed by atoms with Crippen LogP contribution in [0.3, 0.4) is 0 Å². The summed E-state index contributed by atoms with van der Waals surface area (Å²) in [6.07, 6.45) is 5.39. The normalized spacial score (nSPS) is 53.4. The standard InChI is InChI=1S/C10H16O/c1-7(2)10-5-4-9(3,11)8(10)6-10/h4-5,7-8,11H,6H2,1-3H3/t8-,9+,10-/m0/s1. The van der Waals surface area contributed by atoms with Gasteiger partial charge in [-0.2, -0.15) is 0 Å². The lowest BCUT2D eigenvalue weighted by atomic mass is 9.91. The van der Waals surface area contributed by atoms with Crippen molar-refractivity contribution in [1.82, 2.24) is 0 Å². The van der Waals surface area contributed by atoms with Gasteiger partial charge in [-0.15, -0.1) is 0 Å². The molecule has 3 atom stereocenters. The Balaban J connectivity index is 2.25. The Bertz CT molecular complexity index is 215. The second kappa shape index (κ2) is 1.71. The summed E-state index contributed by atoms with van der Waals surface area (Å²) in [6.45, 7) is 6.41. The number of fused-ring (bicyclic) bond motifs is 1. The molecule has 0 spiro atoms. The van der Waals surface area contributed by atoms with E-state index < -0.39 is 5.60 Å². The molecule has 1 saturated carbocycles. The minimum atomic E-state index is -0.510. The molecule has 1 fully saturated rings. The molecule has 1 N–H and O–H groups in total. The minimum absolute atomic E-state index is 0.365. The zero-order valence-corrected chi connectivity index (χ0v) is 7.46. The second-order valence-electron chi connectivity index (χ2n) is 4.58. The molecule has 0 radical (unpaired) electrons. The Labute approximate surface area is 68.1 Å². The van der Waals surface area contributed by atoms with Crippen LogP contribution in [0.1, 0.15) is 27.2 Å². The zero-order chi connectivity index (χ0) is 8.28. The molecule has 2 aliphatic carbocycles. The molecule has 0 aromatic carbocycles. The van der Waals surface area contributed by atoms with Crippen molar-refractivity contribution < 1.29 is 5.11 Å². The predicted octanol–water partition coefficient (Wildman–Crippen LogP) is 1.97. The van der Waals surface area contributed by atoms with E-state index in [-0.39, 0.29) is 0 Å². The van der Waals surface area contributed by atoms with Gasteiger partial charge >= 0.3 is 0 Å². The third-order valence-electron chi connectivity index (χ3n) is 3.56. The molecule has 1 heteroatoms. The molecule has 0 aliphatic heterocycles. The first-order chi connectivity index (χ1) is 4.99. The molecule has 11 heavy (non-hydrogen) atoms. The molecule has 0 amide bonds. The largest absolute Gasteiger partial charge is 0.386 e. The maximum atomic E-state index is 9.83. The van der Waals surface area contributed by atoms with E-state index in [1.54, 1.807) is 0 Å². The summed E-state index contributed by atoms with van der Waals surface area (Å²) >= 11 is 0. The van der Waals surface area contributed by atoms with E-state index in [0.717, 1.165) is 0 Å². The molecule has 0 aromatic heterocycles. The van der Waals surface area contributed by atoms with E-state index >= 15 is 0 Å². The van der Waals surface area contributed by atoms with Crippen molar-refractivity contribution in [1.29, 1.82) is 0 Å². The van der Waals surface area contributed by atoms with Crippen molar-refractivity contribution in [2.24, 2.45) is 17.3 Å². The minimum Gasteiger partial charge on any atom is -0.386 e. The van der Waals surface area contributed by atoms with E-state index in [1.807, 2.05) is 13.0 Å². The summed E-state index contributed by atoms with van der Waals surface area (Å²) in [4.78, 5) is 0. The van der Waals surface area contributed by atoms with Crippen molar-refractivity contribution in [3.05, 3.63) is 12.2 Å². The first-order valence-electron chi connectivity index (χ1n) is 4.42. The van der Waals surface area contributed by atoms with Crippen LogP contribution in [0, 0.1) is 17.3 Å². The number of hydrogen-bond acceptors (Lipinski definition) is 1. The summed E-state index contributed by atoms with van der Waals surface area (Å²) < 4.78 is 0. The van der Waals surface area contributed by atoms with Crippen molar-refractivity contribution in [2.75, 3.05) is 0 Å². The highest BCUT2D eigenvalue weighted by molar-refractivity contribution is 5.32. The van der Waals surface area contributed by atoms with Gasteiger partial charge in [0.25, 0.3) is 0 Å². The Hall–Kier alpha value is -0.300. The molecule has 0 unspecified atom stereocenters. The van der Waals surface area contributed by atoms with Gasteiger partial charge in [-0.1, -0.05) is 26.0 Å². The summed E-state index contributed by atoms with van der Waals surface area (Å²) in [5.41, 5.74) is -0.145. The fourth-order valence-corrected chi connectivity index (χ4v) is 2.50. The average molecular weight is 152 g/mol. The van der Waals surface area contributed by atoms with Crippen LogP contribution in [0.2, 0.25) is 0 Å². The molecule has 0 bridgehead atoms. The van der Waals surface area contributed by atoms with Gasteiger partial charge in [0.15, 0.2) is 0 Å². The van der Waals surface area contributed by atoms with Crippen LogP contribution in [0.5, 0.6) is 0 Å². The number of rotatable bonds is 1. The average Bonchev–Trinajstić information content (AvgIpc) is 2.54. The van der Waals surface area contributed by atoms with Crippen molar-refractivity contribution in [2.45, 2.75) is 32.8 Å². The van der Waals surface area contributed by atoms with Gasteiger partial charge in [-0.25, -0.2) is 0 Å². The number of hydrogen-bond donors (Lipinski definition) is 1. The van der Waals surface area contributed by atoms with Crippen LogP contribution in [-0.4, -0.2) is 10.7 Å². The first-order valence-corrected chi connectivity index (χ1v) is 4.42. The SMILES string of the molecule is CC(C)[C@@]12C=C[C@@](C)(O)[C@@H]1C2. The molecular formula is C10H16O. The highest BCUT2D eigenvalue weighted by Gasteiger charge is 2.64.